The van der Waals surface area contributed by atoms with Crippen LogP contribution < -0.4 is 5.32 Å². The molecular formula is C24H24ClN3OS. The number of nitrogens with one attached hydrogen (secondary N) is 1. The quantitative estimate of drug-likeness (QED) is 0.446. The van der Waals surface area contributed by atoms with E-state index in [2.05, 4.69) is 32.9 Å². The molecule has 0 saturated heterocycles. The Labute approximate surface area is 186 Å². The van der Waals surface area contributed by atoms with Crippen molar-refractivity contribution in [2.45, 2.75) is 32.1 Å². The van der Waals surface area contributed by atoms with Gasteiger partial charge in [0.1, 0.15) is 9.90 Å². The number of hydrogen-bond acceptors (Lipinski definition) is 4. The van der Waals surface area contributed by atoms with Gasteiger partial charge in [0.2, 0.25) is 0 Å². The van der Waals surface area contributed by atoms with Gasteiger partial charge in [0.25, 0.3) is 5.91 Å². The SMILES string of the molecule is O=C(NCC1CCCCC1)c1snc(N=Cc2ccccc2-c2ccccc2)c1Cl. The molecule has 4 nitrogen and oxygen atoms in total. The average molecular weight is 438 g/mol. The lowest BCUT2D eigenvalue weighted by Crippen LogP contribution is -2.29. The zero-order valence-electron chi connectivity index (χ0n) is 16.7. The molecule has 0 aliphatic heterocycles. The molecule has 0 unspecified atom stereocenters. The number of benzene rings is 2. The van der Waals surface area contributed by atoms with Crippen LogP contribution in [0.3, 0.4) is 0 Å². The molecular weight excluding hydrogens is 414 g/mol. The van der Waals surface area contributed by atoms with E-state index in [0.717, 1.165) is 28.2 Å². The van der Waals surface area contributed by atoms with Crippen molar-refractivity contribution >= 4 is 41.1 Å². The van der Waals surface area contributed by atoms with Crippen LogP contribution in [0.15, 0.2) is 59.6 Å². The lowest BCUT2D eigenvalue weighted by molar-refractivity contribution is 0.0948. The van der Waals surface area contributed by atoms with Crippen LogP contribution in [0.25, 0.3) is 11.1 Å². The Kier molecular flexibility index (Phi) is 6.92. The van der Waals surface area contributed by atoms with E-state index in [9.17, 15) is 4.79 Å². The molecule has 0 atom stereocenters. The van der Waals surface area contributed by atoms with Gasteiger partial charge in [-0.15, -0.1) is 0 Å². The van der Waals surface area contributed by atoms with Crippen LogP contribution in [-0.4, -0.2) is 23.0 Å². The number of aromatic nitrogens is 1. The summed E-state index contributed by atoms with van der Waals surface area (Å²) in [4.78, 5) is 17.5. The van der Waals surface area contributed by atoms with E-state index in [4.69, 9.17) is 11.6 Å². The predicted molar refractivity (Wildman–Crippen MR) is 125 cm³/mol. The molecule has 6 heteroatoms. The third-order valence-corrected chi connectivity index (χ3v) is 6.78. The number of hydrogen-bond donors (Lipinski definition) is 1. The molecule has 0 radical (unpaired) electrons. The number of amides is 1. The summed E-state index contributed by atoms with van der Waals surface area (Å²) < 4.78 is 4.30. The number of nitrogens with zero attached hydrogens (tertiary/aromatic N) is 2. The summed E-state index contributed by atoms with van der Waals surface area (Å²) in [5.41, 5.74) is 3.17. The fourth-order valence-corrected chi connectivity index (χ4v) is 4.79. The van der Waals surface area contributed by atoms with Crippen LogP contribution >= 0.6 is 23.1 Å². The van der Waals surface area contributed by atoms with E-state index in [1.54, 1.807) is 6.21 Å². The fraction of sp³-hybridized carbons (Fsp3) is 0.292. The van der Waals surface area contributed by atoms with Crippen LogP contribution in [0.2, 0.25) is 5.02 Å². The summed E-state index contributed by atoms with van der Waals surface area (Å²) in [7, 11) is 0. The second-order valence-electron chi connectivity index (χ2n) is 7.57. The second kappa shape index (κ2) is 10.0. The Morgan fingerprint density at radius 2 is 1.83 bits per heavy atom. The van der Waals surface area contributed by atoms with Crippen molar-refractivity contribution in [3.63, 3.8) is 0 Å². The largest absolute Gasteiger partial charge is 0.351 e. The maximum absolute atomic E-state index is 12.6. The number of carbonyl (C=O) groups excluding carboxylic acids is 1. The van der Waals surface area contributed by atoms with E-state index in [1.165, 1.54) is 32.1 Å². The van der Waals surface area contributed by atoms with Crippen LogP contribution in [0.5, 0.6) is 0 Å². The Balaban J connectivity index is 1.47. The number of halogens is 1. The van der Waals surface area contributed by atoms with Crippen molar-refractivity contribution in [3.05, 3.63) is 70.1 Å². The standard InChI is InChI=1S/C24H24ClN3OS/c25-21-22(24(29)27-15-17-9-3-1-4-10-17)30-28-23(21)26-16-19-13-7-8-14-20(19)18-11-5-2-6-12-18/h2,5-8,11-14,16-17H,1,3-4,9-10,15H2,(H,27,29). The lowest BCUT2D eigenvalue weighted by atomic mass is 9.89. The van der Waals surface area contributed by atoms with E-state index in [1.807, 2.05) is 36.4 Å². The van der Waals surface area contributed by atoms with Crippen LogP contribution in [0, 0.1) is 5.92 Å². The molecule has 3 aromatic rings. The molecule has 2 aromatic carbocycles. The molecule has 1 saturated carbocycles. The molecule has 1 fully saturated rings. The molecule has 1 N–H and O–H groups in total. The minimum absolute atomic E-state index is 0.158. The summed E-state index contributed by atoms with van der Waals surface area (Å²) in [6.07, 6.45) is 7.95. The number of carbonyl (C=O) groups is 1. The first-order valence-electron chi connectivity index (χ1n) is 10.3. The minimum Gasteiger partial charge on any atom is -0.351 e. The van der Waals surface area contributed by atoms with Crippen LogP contribution in [0.1, 0.15) is 47.3 Å². The third kappa shape index (κ3) is 4.97. The van der Waals surface area contributed by atoms with Crippen LogP contribution in [-0.2, 0) is 0 Å². The fourth-order valence-electron chi connectivity index (χ4n) is 3.82. The topological polar surface area (TPSA) is 54.4 Å². The summed E-state index contributed by atoms with van der Waals surface area (Å²) >= 11 is 7.54. The van der Waals surface area contributed by atoms with Gasteiger partial charge in [-0.1, -0.05) is 85.5 Å². The number of aliphatic imine (C=N–C) groups is 1. The summed E-state index contributed by atoms with van der Waals surface area (Å²) in [5.74, 6) is 0.794. The van der Waals surface area contributed by atoms with Gasteiger partial charge in [0, 0.05) is 18.3 Å². The number of rotatable bonds is 6. The molecule has 0 spiro atoms. The van der Waals surface area contributed by atoms with Crippen molar-refractivity contribution in [1.29, 1.82) is 0 Å². The van der Waals surface area contributed by atoms with Crippen molar-refractivity contribution < 1.29 is 4.79 Å². The minimum atomic E-state index is -0.158. The highest BCUT2D eigenvalue weighted by Crippen LogP contribution is 2.32. The van der Waals surface area contributed by atoms with Gasteiger partial charge in [-0.25, -0.2) is 4.99 Å². The lowest BCUT2D eigenvalue weighted by Gasteiger charge is -2.21. The maximum atomic E-state index is 12.6. The van der Waals surface area contributed by atoms with Crippen molar-refractivity contribution in [1.82, 2.24) is 9.69 Å². The van der Waals surface area contributed by atoms with E-state index < -0.39 is 0 Å². The van der Waals surface area contributed by atoms with Crippen LogP contribution in [0.4, 0.5) is 5.82 Å². The Morgan fingerprint density at radius 1 is 1.10 bits per heavy atom. The molecule has 154 valence electrons. The molecule has 1 heterocycles. The van der Waals surface area contributed by atoms with E-state index in [-0.39, 0.29) is 5.91 Å². The van der Waals surface area contributed by atoms with Crippen molar-refractivity contribution in [3.8, 4) is 11.1 Å². The Bertz CT molecular complexity index is 1030. The van der Waals surface area contributed by atoms with Crippen molar-refractivity contribution in [2.24, 2.45) is 10.9 Å². The first kappa shape index (κ1) is 20.8. The molecule has 4 rings (SSSR count). The summed E-state index contributed by atoms with van der Waals surface area (Å²) in [6.45, 7) is 0.704. The molecule has 1 aliphatic carbocycles. The normalized spacial score (nSPS) is 14.8. The van der Waals surface area contributed by atoms with Gasteiger partial charge < -0.3 is 5.32 Å². The van der Waals surface area contributed by atoms with Crippen molar-refractivity contribution in [2.75, 3.05) is 6.54 Å². The highest BCUT2D eigenvalue weighted by molar-refractivity contribution is 7.09. The maximum Gasteiger partial charge on any atom is 0.264 e. The van der Waals surface area contributed by atoms with Gasteiger partial charge in [-0.3, -0.25) is 4.79 Å². The summed E-state index contributed by atoms with van der Waals surface area (Å²) in [5, 5.41) is 3.34. The Morgan fingerprint density at radius 3 is 2.63 bits per heavy atom. The molecule has 0 bridgehead atoms. The molecule has 1 aliphatic rings. The molecule has 1 aromatic heterocycles. The third-order valence-electron chi connectivity index (χ3n) is 5.47. The highest BCUT2D eigenvalue weighted by atomic mass is 35.5. The van der Waals surface area contributed by atoms with E-state index >= 15 is 0 Å². The van der Waals surface area contributed by atoms with Gasteiger partial charge in [-0.2, -0.15) is 4.37 Å². The van der Waals surface area contributed by atoms with Gasteiger partial charge in [0.05, 0.1) is 0 Å². The zero-order valence-corrected chi connectivity index (χ0v) is 18.3. The molecule has 30 heavy (non-hydrogen) atoms. The smallest absolute Gasteiger partial charge is 0.264 e. The summed E-state index contributed by atoms with van der Waals surface area (Å²) in [6, 6.07) is 18.2. The predicted octanol–water partition coefficient (Wildman–Crippen LogP) is 6.52. The van der Waals surface area contributed by atoms with E-state index in [0.29, 0.717) is 28.2 Å². The highest BCUT2D eigenvalue weighted by Gasteiger charge is 2.20. The molecule has 1 amide bonds. The van der Waals surface area contributed by atoms with Gasteiger partial charge in [-0.05, 0) is 41.4 Å². The first-order valence-corrected chi connectivity index (χ1v) is 11.5. The zero-order chi connectivity index (χ0) is 20.8. The van der Waals surface area contributed by atoms with Gasteiger partial charge in [0.15, 0.2) is 5.82 Å². The first-order chi connectivity index (χ1) is 14.7. The second-order valence-corrected chi connectivity index (χ2v) is 8.73. The monoisotopic (exact) mass is 437 g/mol. The average Bonchev–Trinajstić information content (AvgIpc) is 3.18. The van der Waals surface area contributed by atoms with Gasteiger partial charge >= 0.3 is 0 Å². The Hall–Kier alpha value is -2.50.